The summed E-state index contributed by atoms with van der Waals surface area (Å²) < 4.78 is 0. The first-order valence-corrected chi connectivity index (χ1v) is 3.17. The van der Waals surface area contributed by atoms with Crippen LogP contribution in [0.15, 0.2) is 0 Å². The maximum absolute atomic E-state index is 8.82. The van der Waals surface area contributed by atoms with Gasteiger partial charge in [-0.25, -0.2) is 0 Å². The van der Waals surface area contributed by atoms with Gasteiger partial charge in [0.15, 0.2) is 0 Å². The zero-order valence-electron chi connectivity index (χ0n) is 5.38. The van der Waals surface area contributed by atoms with E-state index in [0.717, 1.165) is 26.1 Å². The van der Waals surface area contributed by atoms with Gasteiger partial charge in [0.1, 0.15) is 0 Å². The molecule has 2 nitrogen and oxygen atoms in total. The quantitative estimate of drug-likeness (QED) is 0.511. The average molecular weight is 125 g/mol. The number of hydrogen-bond acceptors (Lipinski definition) is 2. The number of β-amino-alcohol motifs (C(OH)–C–C–N with tert-alkyl or cyclic N) is 1. The lowest BCUT2D eigenvalue weighted by atomic mass is 10.1. The van der Waals surface area contributed by atoms with Crippen molar-refractivity contribution in [1.82, 2.24) is 4.90 Å². The molecule has 0 unspecified atom stereocenters. The molecule has 0 bridgehead atoms. The van der Waals surface area contributed by atoms with Crippen molar-refractivity contribution < 1.29 is 5.11 Å². The first-order chi connectivity index (χ1) is 4.33. The van der Waals surface area contributed by atoms with Gasteiger partial charge in [-0.05, 0) is 0 Å². The fourth-order valence-corrected chi connectivity index (χ4v) is 0.948. The van der Waals surface area contributed by atoms with Crippen molar-refractivity contribution in [2.75, 3.05) is 19.6 Å². The Bertz CT molecular complexity index is 121. The van der Waals surface area contributed by atoms with Crippen LogP contribution in [0.5, 0.6) is 0 Å². The van der Waals surface area contributed by atoms with Crippen LogP contribution in [0.3, 0.4) is 0 Å². The number of rotatable bonds is 2. The molecule has 1 aliphatic heterocycles. The molecule has 0 saturated carbocycles. The molecule has 1 fully saturated rings. The molecular formula is C7H11NO. The van der Waals surface area contributed by atoms with Crippen molar-refractivity contribution in [1.29, 1.82) is 0 Å². The van der Waals surface area contributed by atoms with Crippen molar-refractivity contribution in [2.45, 2.75) is 12.5 Å². The molecule has 50 valence electrons. The summed E-state index contributed by atoms with van der Waals surface area (Å²) in [5, 5.41) is 8.82. The van der Waals surface area contributed by atoms with Crippen LogP contribution in [0.2, 0.25) is 0 Å². The SMILES string of the molecule is C#CCCN1CC(O)C1. The van der Waals surface area contributed by atoms with Crippen LogP contribution in [0, 0.1) is 12.3 Å². The van der Waals surface area contributed by atoms with Gasteiger partial charge in [0.05, 0.1) is 6.10 Å². The summed E-state index contributed by atoms with van der Waals surface area (Å²) in [5.74, 6) is 2.56. The molecule has 0 atom stereocenters. The zero-order chi connectivity index (χ0) is 6.69. The molecule has 0 spiro atoms. The van der Waals surface area contributed by atoms with Crippen LogP contribution < -0.4 is 0 Å². The highest BCUT2D eigenvalue weighted by Crippen LogP contribution is 2.06. The predicted molar refractivity (Wildman–Crippen MR) is 35.9 cm³/mol. The lowest BCUT2D eigenvalue weighted by Gasteiger charge is -2.35. The van der Waals surface area contributed by atoms with Crippen molar-refractivity contribution in [3.63, 3.8) is 0 Å². The fraction of sp³-hybridized carbons (Fsp3) is 0.714. The van der Waals surface area contributed by atoms with E-state index in [1.165, 1.54) is 0 Å². The Morgan fingerprint density at radius 3 is 2.78 bits per heavy atom. The molecule has 1 aliphatic rings. The summed E-state index contributed by atoms with van der Waals surface area (Å²) in [6.45, 7) is 2.55. The van der Waals surface area contributed by atoms with Gasteiger partial charge in [-0.3, -0.25) is 4.90 Å². The van der Waals surface area contributed by atoms with Crippen molar-refractivity contribution in [3.8, 4) is 12.3 Å². The second kappa shape index (κ2) is 2.86. The number of aliphatic hydroxyl groups excluding tert-OH is 1. The standard InChI is InChI=1S/C7H11NO/c1-2-3-4-8-5-7(9)6-8/h1,7,9H,3-6H2. The van der Waals surface area contributed by atoms with E-state index in [2.05, 4.69) is 10.8 Å². The van der Waals surface area contributed by atoms with Crippen LogP contribution in [-0.4, -0.2) is 35.7 Å². The Morgan fingerprint density at radius 1 is 1.67 bits per heavy atom. The minimum absolute atomic E-state index is 0.0947. The van der Waals surface area contributed by atoms with Gasteiger partial charge in [-0.1, -0.05) is 0 Å². The van der Waals surface area contributed by atoms with E-state index in [1.54, 1.807) is 0 Å². The van der Waals surface area contributed by atoms with E-state index in [4.69, 9.17) is 11.5 Å². The summed E-state index contributed by atoms with van der Waals surface area (Å²) in [7, 11) is 0. The first kappa shape index (κ1) is 6.60. The van der Waals surface area contributed by atoms with Gasteiger partial charge in [-0.2, -0.15) is 0 Å². The third-order valence-corrected chi connectivity index (χ3v) is 1.51. The van der Waals surface area contributed by atoms with Crippen molar-refractivity contribution >= 4 is 0 Å². The Labute approximate surface area is 55.5 Å². The molecule has 0 aromatic rings. The minimum atomic E-state index is -0.0947. The highest BCUT2D eigenvalue weighted by molar-refractivity contribution is 4.87. The van der Waals surface area contributed by atoms with E-state index in [0.29, 0.717) is 0 Å². The van der Waals surface area contributed by atoms with Gasteiger partial charge in [-0.15, -0.1) is 12.3 Å². The van der Waals surface area contributed by atoms with E-state index < -0.39 is 0 Å². The molecule has 1 N–H and O–H groups in total. The maximum atomic E-state index is 8.82. The molecule has 1 rings (SSSR count). The summed E-state index contributed by atoms with van der Waals surface area (Å²) in [6, 6.07) is 0. The fourth-order valence-electron chi connectivity index (χ4n) is 0.948. The molecule has 0 aliphatic carbocycles. The van der Waals surface area contributed by atoms with Gasteiger partial charge < -0.3 is 5.11 Å². The lowest BCUT2D eigenvalue weighted by Crippen LogP contribution is -2.50. The van der Waals surface area contributed by atoms with Gasteiger partial charge in [0.2, 0.25) is 0 Å². The number of nitrogens with zero attached hydrogens (tertiary/aromatic N) is 1. The monoisotopic (exact) mass is 125 g/mol. The lowest BCUT2D eigenvalue weighted by molar-refractivity contribution is 0.00380. The molecule has 0 aromatic heterocycles. The van der Waals surface area contributed by atoms with Crippen LogP contribution in [0.25, 0.3) is 0 Å². The molecule has 0 aromatic carbocycles. The number of aliphatic hydroxyl groups is 1. The second-order valence-corrected chi connectivity index (χ2v) is 2.37. The first-order valence-electron chi connectivity index (χ1n) is 3.17. The Balaban J connectivity index is 1.99. The summed E-state index contributed by atoms with van der Waals surface area (Å²) in [4.78, 5) is 2.14. The minimum Gasteiger partial charge on any atom is -0.390 e. The number of hydrogen-bond donors (Lipinski definition) is 1. The van der Waals surface area contributed by atoms with E-state index in [1.807, 2.05) is 0 Å². The Hall–Kier alpha value is -0.520. The highest BCUT2D eigenvalue weighted by Gasteiger charge is 2.22. The highest BCUT2D eigenvalue weighted by atomic mass is 16.3. The molecule has 0 radical (unpaired) electrons. The van der Waals surface area contributed by atoms with Crippen LogP contribution in [0.1, 0.15) is 6.42 Å². The Morgan fingerprint density at radius 2 is 2.33 bits per heavy atom. The largest absolute Gasteiger partial charge is 0.390 e. The molecule has 0 amide bonds. The number of terminal acetylenes is 1. The smallest absolute Gasteiger partial charge is 0.0793 e. The van der Waals surface area contributed by atoms with Gasteiger partial charge in [0, 0.05) is 26.1 Å². The third-order valence-electron chi connectivity index (χ3n) is 1.51. The Kier molecular flexibility index (Phi) is 2.10. The van der Waals surface area contributed by atoms with E-state index in [9.17, 15) is 0 Å². The van der Waals surface area contributed by atoms with Crippen LogP contribution in [0.4, 0.5) is 0 Å². The summed E-state index contributed by atoms with van der Waals surface area (Å²) in [6.07, 6.45) is 5.75. The molecular weight excluding hydrogens is 114 g/mol. The third kappa shape index (κ3) is 1.70. The average Bonchev–Trinajstić information content (AvgIpc) is 1.78. The molecule has 1 heterocycles. The number of likely N-dealkylation sites (tertiary alicyclic amines) is 1. The predicted octanol–water partition coefficient (Wildman–Crippen LogP) is -0.314. The normalized spacial score (nSPS) is 20.9. The van der Waals surface area contributed by atoms with Gasteiger partial charge in [0.25, 0.3) is 0 Å². The van der Waals surface area contributed by atoms with Gasteiger partial charge >= 0.3 is 0 Å². The summed E-state index contributed by atoms with van der Waals surface area (Å²) in [5.41, 5.74) is 0. The van der Waals surface area contributed by atoms with E-state index >= 15 is 0 Å². The van der Waals surface area contributed by atoms with Crippen LogP contribution >= 0.6 is 0 Å². The second-order valence-electron chi connectivity index (χ2n) is 2.37. The van der Waals surface area contributed by atoms with E-state index in [-0.39, 0.29) is 6.10 Å². The molecule has 9 heavy (non-hydrogen) atoms. The van der Waals surface area contributed by atoms with Crippen molar-refractivity contribution in [2.24, 2.45) is 0 Å². The van der Waals surface area contributed by atoms with Crippen LogP contribution in [-0.2, 0) is 0 Å². The molecule has 2 heteroatoms. The summed E-state index contributed by atoms with van der Waals surface area (Å²) >= 11 is 0. The van der Waals surface area contributed by atoms with Crippen molar-refractivity contribution in [3.05, 3.63) is 0 Å². The maximum Gasteiger partial charge on any atom is 0.0793 e. The zero-order valence-corrected chi connectivity index (χ0v) is 5.38. The molecule has 1 saturated heterocycles. The topological polar surface area (TPSA) is 23.5 Å².